The minimum absolute atomic E-state index is 0.0948. The molecule has 0 bridgehead atoms. The largest absolute Gasteiger partial charge is 0.261 e. The third-order valence-corrected chi connectivity index (χ3v) is 5.56. The number of hydrogen-bond donors (Lipinski definition) is 0. The van der Waals surface area contributed by atoms with E-state index in [1.807, 2.05) is 24.3 Å². The zero-order chi connectivity index (χ0) is 13.5. The topological polar surface area (TPSA) is 50.0 Å². The molecule has 2 heterocycles. The van der Waals surface area contributed by atoms with E-state index in [0.29, 0.717) is 6.54 Å². The Balaban J connectivity index is 1.90. The Morgan fingerprint density at radius 2 is 1.89 bits per heavy atom. The molecule has 1 saturated heterocycles. The van der Waals surface area contributed by atoms with Crippen LogP contribution < -0.4 is 0 Å². The minimum Gasteiger partial charge on any atom is -0.243 e. The molecule has 0 N–H and O–H groups in total. The summed E-state index contributed by atoms with van der Waals surface area (Å²) in [6, 6.07) is 12.5. The van der Waals surface area contributed by atoms with Crippen molar-refractivity contribution in [3.63, 3.8) is 0 Å². The molecule has 2 aromatic rings. The van der Waals surface area contributed by atoms with Gasteiger partial charge in [-0.15, -0.1) is 0 Å². The molecule has 6 heteroatoms. The van der Waals surface area contributed by atoms with E-state index >= 15 is 0 Å². The van der Waals surface area contributed by atoms with Gasteiger partial charge in [0.05, 0.1) is 6.04 Å². The Bertz CT molecular complexity index is 704. The second kappa shape index (κ2) is 4.70. The van der Waals surface area contributed by atoms with Gasteiger partial charge in [0.1, 0.15) is 0 Å². The highest BCUT2D eigenvalue weighted by Crippen LogP contribution is 2.42. The SMILES string of the molecule is O=S(=O)(c1ccccn1)N1CC1c1ccccc1Br. The standard InChI is InChI=1S/C13H11BrN2O2S/c14-11-6-2-1-5-10(11)12-9-16(12)19(17,18)13-7-3-4-8-15-13/h1-8,12H,9H2. The van der Waals surface area contributed by atoms with Gasteiger partial charge in [0.25, 0.3) is 10.0 Å². The lowest BCUT2D eigenvalue weighted by Crippen LogP contribution is -2.14. The van der Waals surface area contributed by atoms with Gasteiger partial charge in [0.2, 0.25) is 0 Å². The van der Waals surface area contributed by atoms with Crippen molar-refractivity contribution >= 4 is 26.0 Å². The summed E-state index contributed by atoms with van der Waals surface area (Å²) in [6.45, 7) is 0.502. The third-order valence-electron chi connectivity index (χ3n) is 3.04. The Kier molecular flexibility index (Phi) is 3.16. The lowest BCUT2D eigenvalue weighted by molar-refractivity contribution is 0.550. The Labute approximate surface area is 120 Å². The molecule has 1 aliphatic heterocycles. The van der Waals surface area contributed by atoms with Gasteiger partial charge < -0.3 is 0 Å². The maximum atomic E-state index is 12.3. The van der Waals surface area contributed by atoms with E-state index in [1.165, 1.54) is 16.6 Å². The quantitative estimate of drug-likeness (QED) is 0.808. The molecule has 4 nitrogen and oxygen atoms in total. The highest BCUT2D eigenvalue weighted by Gasteiger charge is 2.46. The van der Waals surface area contributed by atoms with E-state index in [1.54, 1.807) is 12.1 Å². The van der Waals surface area contributed by atoms with E-state index in [4.69, 9.17) is 0 Å². The molecule has 1 fully saturated rings. The van der Waals surface area contributed by atoms with E-state index in [0.717, 1.165) is 10.0 Å². The Hall–Kier alpha value is -1.24. The molecule has 0 radical (unpaired) electrons. The molecule has 0 saturated carbocycles. The van der Waals surface area contributed by atoms with Gasteiger partial charge in [0, 0.05) is 17.2 Å². The summed E-state index contributed by atoms with van der Waals surface area (Å²) in [5.74, 6) is 0. The summed E-state index contributed by atoms with van der Waals surface area (Å²) in [7, 11) is -3.48. The van der Waals surface area contributed by atoms with Gasteiger partial charge in [-0.2, -0.15) is 4.31 Å². The van der Waals surface area contributed by atoms with Crippen molar-refractivity contribution in [1.82, 2.24) is 9.29 Å². The third kappa shape index (κ3) is 2.31. The van der Waals surface area contributed by atoms with Gasteiger partial charge in [-0.3, -0.25) is 0 Å². The van der Waals surface area contributed by atoms with Gasteiger partial charge >= 0.3 is 0 Å². The summed E-state index contributed by atoms with van der Waals surface area (Å²) in [6.07, 6.45) is 1.49. The fourth-order valence-corrected chi connectivity index (χ4v) is 4.03. The first-order valence-corrected chi connectivity index (χ1v) is 8.01. The molecule has 0 spiro atoms. The van der Waals surface area contributed by atoms with Crippen LogP contribution >= 0.6 is 15.9 Å². The maximum Gasteiger partial charge on any atom is 0.261 e. The van der Waals surface area contributed by atoms with Gasteiger partial charge in [-0.1, -0.05) is 40.2 Å². The Morgan fingerprint density at radius 1 is 1.16 bits per heavy atom. The van der Waals surface area contributed by atoms with E-state index in [-0.39, 0.29) is 11.1 Å². The molecule has 1 aromatic heterocycles. The molecule has 2 atom stereocenters. The highest BCUT2D eigenvalue weighted by atomic mass is 79.9. The number of sulfonamides is 1. The first-order valence-electron chi connectivity index (χ1n) is 5.78. The summed E-state index contributed by atoms with van der Waals surface area (Å²) in [5, 5.41) is 0.101. The number of nitrogens with zero attached hydrogens (tertiary/aromatic N) is 2. The zero-order valence-electron chi connectivity index (χ0n) is 9.90. The lowest BCUT2D eigenvalue weighted by atomic mass is 10.2. The Morgan fingerprint density at radius 3 is 2.58 bits per heavy atom. The first-order chi connectivity index (χ1) is 9.10. The van der Waals surface area contributed by atoms with Crippen molar-refractivity contribution in [2.24, 2.45) is 0 Å². The van der Waals surface area contributed by atoms with Gasteiger partial charge in [-0.05, 0) is 23.8 Å². The predicted octanol–water partition coefficient (Wildman–Crippen LogP) is 2.59. The summed E-state index contributed by atoms with van der Waals surface area (Å²) in [5.41, 5.74) is 0.988. The zero-order valence-corrected chi connectivity index (χ0v) is 12.3. The van der Waals surface area contributed by atoms with Crippen molar-refractivity contribution in [3.8, 4) is 0 Å². The van der Waals surface area contributed by atoms with Crippen LogP contribution in [0, 0.1) is 0 Å². The van der Waals surface area contributed by atoms with Crippen molar-refractivity contribution in [2.45, 2.75) is 11.1 Å². The number of benzene rings is 1. The average molecular weight is 339 g/mol. The van der Waals surface area contributed by atoms with Crippen LogP contribution in [0.5, 0.6) is 0 Å². The van der Waals surface area contributed by atoms with Crippen molar-refractivity contribution < 1.29 is 8.42 Å². The van der Waals surface area contributed by atoms with Crippen LogP contribution in [0.25, 0.3) is 0 Å². The van der Waals surface area contributed by atoms with Crippen molar-refractivity contribution in [1.29, 1.82) is 0 Å². The highest BCUT2D eigenvalue weighted by molar-refractivity contribution is 9.10. The number of hydrogen-bond acceptors (Lipinski definition) is 3. The number of halogens is 1. The van der Waals surface area contributed by atoms with Crippen molar-refractivity contribution in [2.75, 3.05) is 6.54 Å². The van der Waals surface area contributed by atoms with Gasteiger partial charge in [-0.25, -0.2) is 13.4 Å². The van der Waals surface area contributed by atoms with Crippen molar-refractivity contribution in [3.05, 3.63) is 58.7 Å². The maximum absolute atomic E-state index is 12.3. The van der Waals surface area contributed by atoms with Crippen LogP contribution in [0.1, 0.15) is 11.6 Å². The minimum atomic E-state index is -3.48. The second-order valence-electron chi connectivity index (χ2n) is 4.28. The molecule has 1 aliphatic rings. The van der Waals surface area contributed by atoms with Crippen LogP contribution in [0.2, 0.25) is 0 Å². The average Bonchev–Trinajstić information content (AvgIpc) is 3.21. The number of rotatable bonds is 3. The van der Waals surface area contributed by atoms with Crippen LogP contribution in [0.3, 0.4) is 0 Å². The summed E-state index contributed by atoms with van der Waals surface area (Å²) < 4.78 is 27.1. The summed E-state index contributed by atoms with van der Waals surface area (Å²) >= 11 is 3.45. The van der Waals surface area contributed by atoms with Crippen LogP contribution in [0.4, 0.5) is 0 Å². The first kappa shape index (κ1) is 12.8. The fraction of sp³-hybridized carbons (Fsp3) is 0.154. The number of aromatic nitrogens is 1. The summed E-state index contributed by atoms with van der Waals surface area (Å²) in [4.78, 5) is 3.92. The predicted molar refractivity (Wildman–Crippen MR) is 75.0 cm³/mol. The second-order valence-corrected chi connectivity index (χ2v) is 6.97. The van der Waals surface area contributed by atoms with Crippen LogP contribution in [-0.4, -0.2) is 24.3 Å². The lowest BCUT2D eigenvalue weighted by Gasteiger charge is -2.06. The van der Waals surface area contributed by atoms with E-state index in [9.17, 15) is 8.42 Å². The normalized spacial score (nSPS) is 22.2. The number of pyridine rings is 1. The molecule has 98 valence electrons. The van der Waals surface area contributed by atoms with E-state index in [2.05, 4.69) is 20.9 Å². The molecule has 3 rings (SSSR count). The molecule has 0 amide bonds. The monoisotopic (exact) mass is 338 g/mol. The van der Waals surface area contributed by atoms with E-state index < -0.39 is 10.0 Å². The fourth-order valence-electron chi connectivity index (χ4n) is 2.01. The smallest absolute Gasteiger partial charge is 0.243 e. The van der Waals surface area contributed by atoms with Gasteiger partial charge in [0.15, 0.2) is 5.03 Å². The molecule has 2 unspecified atom stereocenters. The van der Waals surface area contributed by atoms with Crippen LogP contribution in [-0.2, 0) is 10.0 Å². The molecule has 19 heavy (non-hydrogen) atoms. The van der Waals surface area contributed by atoms with Crippen LogP contribution in [0.15, 0.2) is 58.2 Å². The molecule has 1 aromatic carbocycles. The molecule has 0 aliphatic carbocycles. The molecular formula is C13H11BrN2O2S. The molecular weight excluding hydrogens is 328 g/mol.